The molecular formula is C117H124Ir5N5O10-5. The second kappa shape index (κ2) is 60.3. The molecule has 15 aromatic rings. The molecule has 727 valence electrons. The monoisotopic (exact) mass is 2720 g/mol. The fourth-order valence-electron chi connectivity index (χ4n) is 13.8. The third kappa shape index (κ3) is 41.8. The molecule has 5 aromatic heterocycles. The third-order valence-electron chi connectivity index (χ3n) is 20.1. The van der Waals surface area contributed by atoms with Gasteiger partial charge in [0.2, 0.25) is 0 Å². The van der Waals surface area contributed by atoms with Crippen LogP contribution in [0, 0.1) is 148 Å². The molecule has 20 heteroatoms. The fraction of sp³-hybridized carbons (Fsp3) is 0.231. The molecule has 10 aromatic carbocycles. The minimum absolute atomic E-state index is 0. The van der Waals surface area contributed by atoms with Gasteiger partial charge in [-0.3, -0.25) is 48.9 Å². The van der Waals surface area contributed by atoms with Crippen molar-refractivity contribution in [2.45, 2.75) is 187 Å². The van der Waals surface area contributed by atoms with E-state index in [1.165, 1.54) is 216 Å². The molecule has 0 aliphatic heterocycles. The molecule has 0 amide bonds. The number of pyridine rings is 5. The van der Waals surface area contributed by atoms with Crippen LogP contribution in [0.15, 0.2) is 259 Å². The van der Waals surface area contributed by atoms with E-state index in [-0.39, 0.29) is 158 Å². The smallest absolute Gasteiger partial charge is 0.155 e. The van der Waals surface area contributed by atoms with Crippen LogP contribution in [0.4, 0.5) is 0 Å². The standard InChI is InChI=1S/2C19H18N.3C18H16N.5C5H8O2.5Ir/c1-12-5-7-14(3)17(9-12)19-11-15(4)16-8-6-13(2)10-18(16)20-19;1-12-8-9-16-14(3)11-19(20-18(16)10-12)17-7-5-6-13(2)15(17)4;1-12-4-7-15(8-5-12)17-11-14(3)16-9-6-13(2)10-18(16)19-17;1-12-5-4-6-15(9-12)17-11-14(3)16-8-7-13(2)10-18(16)19-17;1-12-8-9-16-14(3)11-18(19-17(16)10-12)15-7-5-4-6-13(15)2;5*1-4(6)3-5(2)7;;;;;/h5-8,10-11H,1-4H3;5-6,8-11H,1-4H3;4-7,9-11H,1-3H3;4-5,7-11H,1-3H3;4-6,8-11H,1-3H3;5*3,6H,1-2H3;;;;;/q5*-1;;;;;;;;;;. The Morgan fingerprint density at radius 2 is 0.533 bits per heavy atom. The van der Waals surface area contributed by atoms with Crippen LogP contribution in [0.3, 0.4) is 0 Å². The number of carbonyl (C=O) groups is 5. The number of aliphatic hydroxyl groups is 5. The summed E-state index contributed by atoms with van der Waals surface area (Å²) < 4.78 is 0. The number of nitrogens with zero attached hydrogens (tertiary/aromatic N) is 5. The third-order valence-corrected chi connectivity index (χ3v) is 20.1. The number of aliphatic hydroxyl groups excluding tert-OH is 5. The second-order valence-electron chi connectivity index (χ2n) is 33.4. The van der Waals surface area contributed by atoms with Crippen molar-refractivity contribution in [2.75, 3.05) is 0 Å². The van der Waals surface area contributed by atoms with E-state index in [9.17, 15) is 24.0 Å². The first-order valence-electron chi connectivity index (χ1n) is 43.4. The van der Waals surface area contributed by atoms with Crippen LogP contribution >= 0.6 is 0 Å². The molecule has 15 nitrogen and oxygen atoms in total. The fourth-order valence-corrected chi connectivity index (χ4v) is 13.8. The number of fused-ring (bicyclic) bond motifs is 5. The van der Waals surface area contributed by atoms with E-state index in [1.54, 1.807) is 0 Å². The van der Waals surface area contributed by atoms with Crippen LogP contribution in [-0.2, 0) is 124 Å². The first kappa shape index (κ1) is 124. The zero-order valence-corrected chi connectivity index (χ0v) is 95.1. The van der Waals surface area contributed by atoms with Crippen LogP contribution in [0.25, 0.3) is 111 Å². The summed E-state index contributed by atoms with van der Waals surface area (Å²) in [6.45, 7) is 50.2. The number of aryl methyl sites for hydroxylation is 16. The van der Waals surface area contributed by atoms with E-state index < -0.39 is 0 Å². The van der Waals surface area contributed by atoms with Crippen molar-refractivity contribution in [3.63, 3.8) is 0 Å². The van der Waals surface area contributed by atoms with Crippen LogP contribution < -0.4 is 0 Å². The van der Waals surface area contributed by atoms with Gasteiger partial charge < -0.3 is 25.5 Å². The number of hydrogen-bond donors (Lipinski definition) is 5. The van der Waals surface area contributed by atoms with Gasteiger partial charge in [-0.05, 0) is 253 Å². The zero-order valence-electron chi connectivity index (χ0n) is 83.1. The predicted octanol–water partition coefficient (Wildman–Crippen LogP) is 28.9. The molecule has 137 heavy (non-hydrogen) atoms. The molecule has 0 atom stereocenters. The molecule has 0 saturated carbocycles. The van der Waals surface area contributed by atoms with Gasteiger partial charge in [-0.25, -0.2) is 0 Å². The van der Waals surface area contributed by atoms with E-state index >= 15 is 0 Å². The molecule has 0 bridgehead atoms. The van der Waals surface area contributed by atoms with Crippen LogP contribution in [0.1, 0.15) is 164 Å². The van der Waals surface area contributed by atoms with Gasteiger partial charge in [0, 0.05) is 158 Å². The predicted molar refractivity (Wildman–Crippen MR) is 546 cm³/mol. The number of allylic oxidation sites excluding steroid dienone is 10. The van der Waals surface area contributed by atoms with E-state index in [0.29, 0.717) is 0 Å². The number of hydrogen-bond acceptors (Lipinski definition) is 15. The van der Waals surface area contributed by atoms with Gasteiger partial charge in [-0.1, -0.05) is 139 Å². The number of ketones is 5. The van der Waals surface area contributed by atoms with Crippen molar-refractivity contribution < 1.29 is 150 Å². The van der Waals surface area contributed by atoms with Crippen molar-refractivity contribution in [3.05, 3.63) is 384 Å². The summed E-state index contributed by atoms with van der Waals surface area (Å²) in [7, 11) is 0. The Balaban J connectivity index is 0.000000781. The molecule has 5 heterocycles. The maximum Gasteiger partial charge on any atom is 0.155 e. The first-order chi connectivity index (χ1) is 62.1. The molecule has 0 spiro atoms. The minimum atomic E-state index is -0.125. The number of rotatable bonds is 10. The Morgan fingerprint density at radius 3 is 0.839 bits per heavy atom. The largest absolute Gasteiger partial charge is 0.512 e. The molecule has 0 fully saturated rings. The Kier molecular flexibility index (Phi) is 54.4. The topological polar surface area (TPSA) is 251 Å². The van der Waals surface area contributed by atoms with Gasteiger partial charge in [0.15, 0.2) is 28.9 Å². The zero-order chi connectivity index (χ0) is 98.1. The van der Waals surface area contributed by atoms with Crippen LogP contribution in [0.2, 0.25) is 0 Å². The molecule has 15 rings (SSSR count). The molecule has 0 unspecified atom stereocenters. The van der Waals surface area contributed by atoms with Gasteiger partial charge in [-0.2, -0.15) is 0 Å². The summed E-state index contributed by atoms with van der Waals surface area (Å²) in [4.78, 5) is 74.1. The summed E-state index contributed by atoms with van der Waals surface area (Å²) in [5.74, 6) is -0.312. The molecule has 5 radical (unpaired) electrons. The van der Waals surface area contributed by atoms with Crippen molar-refractivity contribution in [1.29, 1.82) is 0 Å². The van der Waals surface area contributed by atoms with Gasteiger partial charge in [0.1, 0.15) is 0 Å². The van der Waals surface area contributed by atoms with Gasteiger partial charge in [0.25, 0.3) is 0 Å². The van der Waals surface area contributed by atoms with Crippen molar-refractivity contribution >= 4 is 83.4 Å². The second-order valence-corrected chi connectivity index (χ2v) is 33.4. The Morgan fingerprint density at radius 1 is 0.248 bits per heavy atom. The van der Waals surface area contributed by atoms with Crippen LogP contribution in [0.5, 0.6) is 0 Å². The van der Waals surface area contributed by atoms with Crippen molar-refractivity contribution in [2.24, 2.45) is 0 Å². The van der Waals surface area contributed by atoms with Gasteiger partial charge in [-0.15, -0.1) is 176 Å². The first-order valence-corrected chi connectivity index (χ1v) is 43.4. The van der Waals surface area contributed by atoms with E-state index in [4.69, 9.17) is 50.5 Å². The Labute approximate surface area is 878 Å². The van der Waals surface area contributed by atoms with E-state index in [1.807, 2.05) is 30.3 Å². The quantitative estimate of drug-likeness (QED) is 0.0485. The normalized spacial score (nSPS) is 10.7. The maximum absolute atomic E-state index is 10.0. The Hall–Kier alpha value is -11.5. The summed E-state index contributed by atoms with van der Waals surface area (Å²) in [5.41, 5.74) is 36.8. The number of carbonyl (C=O) groups excluding carboxylic acids is 5. The average Bonchev–Trinajstić information content (AvgIpc) is 0.782. The number of benzene rings is 10. The Bertz CT molecular complexity index is 6580. The van der Waals surface area contributed by atoms with Crippen molar-refractivity contribution in [3.8, 4) is 56.3 Å². The summed E-state index contributed by atoms with van der Waals surface area (Å²) in [5, 5.41) is 47.9. The number of aromatic nitrogens is 5. The minimum Gasteiger partial charge on any atom is -0.512 e. The van der Waals surface area contributed by atoms with E-state index in [0.717, 1.165) is 89.4 Å². The van der Waals surface area contributed by atoms with Crippen LogP contribution in [-0.4, -0.2) is 79.4 Å². The van der Waals surface area contributed by atoms with E-state index in [2.05, 4.69) is 318 Å². The molecular weight excluding hydrogens is 2600 g/mol. The summed E-state index contributed by atoms with van der Waals surface area (Å²) in [6, 6.07) is 86.3. The maximum atomic E-state index is 10.0. The SMILES string of the molecule is CC(=O)C=C(C)O.CC(=O)C=C(C)O.CC(=O)C=C(C)O.CC(=O)C=C(C)O.CC(=O)C=C(C)O.Cc1[c-]c(-c2cc(C)c3ccc(C)cc3n2)c(C)cc1.Cc1c[c-]c(-c2cc(C)c3ccc(C)cc3n2)cc1.Cc1cc[c-]c(-c2cc(C)c3ccc(C)cc3n2)c1.Cc1ccc2c(C)cc(-c3[c-]ccc(C)c3C)nc2c1.Cc1ccc2c(C)cc(-c3[c-]cccc3C)nc2c1.[Ir].[Ir].[Ir].[Ir].[Ir]. The summed E-state index contributed by atoms with van der Waals surface area (Å²) in [6.07, 6.45) is 5.83. The molecule has 0 aliphatic carbocycles. The van der Waals surface area contributed by atoms with Crippen molar-refractivity contribution in [1.82, 2.24) is 24.9 Å². The average molecular weight is 2720 g/mol. The molecule has 5 N–H and O–H groups in total. The van der Waals surface area contributed by atoms with Gasteiger partial charge in [0.05, 0.1) is 56.4 Å². The summed E-state index contributed by atoms with van der Waals surface area (Å²) >= 11 is 0. The molecule has 0 saturated heterocycles. The van der Waals surface area contributed by atoms with Gasteiger partial charge >= 0.3 is 0 Å². The molecule has 0 aliphatic rings.